The summed E-state index contributed by atoms with van der Waals surface area (Å²) in [5.41, 5.74) is 6.47. The Kier molecular flexibility index (Phi) is 3.52. The highest BCUT2D eigenvalue weighted by Crippen LogP contribution is 2.26. The quantitative estimate of drug-likeness (QED) is 0.808. The number of carbonyl (C=O) groups excluding carboxylic acids is 1. The van der Waals surface area contributed by atoms with Crippen LogP contribution >= 0.6 is 15.9 Å². The Bertz CT molecular complexity index is 582. The van der Waals surface area contributed by atoms with Gasteiger partial charge in [-0.1, -0.05) is 0 Å². The molecule has 0 spiro atoms. The molecule has 0 unspecified atom stereocenters. The largest absolute Gasteiger partial charge is 0.496 e. The summed E-state index contributed by atoms with van der Waals surface area (Å²) in [5.74, 6) is 0.758. The van der Waals surface area contributed by atoms with Crippen molar-refractivity contribution in [3.05, 3.63) is 34.4 Å². The molecule has 2 aromatic rings. The predicted octanol–water partition coefficient (Wildman–Crippen LogP) is 2.02. The molecule has 1 aromatic carbocycles. The van der Waals surface area contributed by atoms with Crippen molar-refractivity contribution in [2.75, 3.05) is 18.2 Å². The first-order valence-corrected chi connectivity index (χ1v) is 5.85. The second-order valence-corrected chi connectivity index (χ2v) is 4.36. The number of amides is 1. The Morgan fingerprint density at radius 1 is 1.56 bits per heavy atom. The van der Waals surface area contributed by atoms with Crippen LogP contribution in [0.2, 0.25) is 0 Å². The van der Waals surface area contributed by atoms with Crippen molar-refractivity contribution in [2.24, 2.45) is 0 Å². The number of nitrogens with zero attached hydrogens (tertiary/aromatic N) is 1. The fraction of sp³-hybridized carbons (Fsp3) is 0.0909. The lowest BCUT2D eigenvalue weighted by Crippen LogP contribution is -2.13. The van der Waals surface area contributed by atoms with E-state index in [-0.39, 0.29) is 5.91 Å². The number of nitrogen functional groups attached to an aromatic ring is 1. The zero-order valence-electron chi connectivity index (χ0n) is 9.53. The van der Waals surface area contributed by atoms with Crippen LogP contribution in [-0.2, 0) is 0 Å². The molecule has 0 fully saturated rings. The van der Waals surface area contributed by atoms with E-state index in [1.54, 1.807) is 25.3 Å². The Hall–Kier alpha value is -2.02. The summed E-state index contributed by atoms with van der Waals surface area (Å²) < 4.78 is 5.79. The molecule has 4 N–H and O–H groups in total. The molecule has 1 aromatic heterocycles. The van der Waals surface area contributed by atoms with Crippen LogP contribution in [0.5, 0.6) is 5.75 Å². The van der Waals surface area contributed by atoms with Crippen molar-refractivity contribution in [2.45, 2.75) is 0 Å². The number of carbonyl (C=O) groups is 1. The first-order chi connectivity index (χ1) is 8.61. The Morgan fingerprint density at radius 2 is 2.33 bits per heavy atom. The van der Waals surface area contributed by atoms with Gasteiger partial charge in [0.05, 0.1) is 23.5 Å². The lowest BCUT2D eigenvalue weighted by atomic mass is 10.2. The molecule has 0 saturated carbocycles. The molecule has 0 aliphatic heterocycles. The molecule has 1 amide bonds. The Morgan fingerprint density at radius 3 is 2.89 bits per heavy atom. The van der Waals surface area contributed by atoms with Gasteiger partial charge in [0.2, 0.25) is 0 Å². The standard InChI is InChI=1S/C11H11BrN4O2/c1-18-9-3-2-6(4-7(9)12)11(17)15-10-8(13)5-14-16-10/h2-5H,13H2,1H3,(H2,14,15,16,17). The van der Waals surface area contributed by atoms with Crippen molar-refractivity contribution in [1.82, 2.24) is 10.2 Å². The molecule has 94 valence electrons. The molecule has 1 heterocycles. The lowest BCUT2D eigenvalue weighted by Gasteiger charge is -2.06. The third-order valence-electron chi connectivity index (χ3n) is 2.32. The first-order valence-electron chi connectivity index (χ1n) is 5.05. The molecule has 0 aliphatic rings. The average Bonchev–Trinajstić information content (AvgIpc) is 2.75. The van der Waals surface area contributed by atoms with Gasteiger partial charge >= 0.3 is 0 Å². The minimum absolute atomic E-state index is 0.283. The summed E-state index contributed by atoms with van der Waals surface area (Å²) in [7, 11) is 1.56. The number of hydrogen-bond donors (Lipinski definition) is 3. The van der Waals surface area contributed by atoms with Crippen LogP contribution in [-0.4, -0.2) is 23.2 Å². The van der Waals surface area contributed by atoms with E-state index in [0.717, 1.165) is 0 Å². The average molecular weight is 311 g/mol. The number of benzene rings is 1. The minimum Gasteiger partial charge on any atom is -0.496 e. The first kappa shape index (κ1) is 12.4. The van der Waals surface area contributed by atoms with E-state index in [4.69, 9.17) is 10.5 Å². The zero-order valence-corrected chi connectivity index (χ0v) is 11.1. The third-order valence-corrected chi connectivity index (χ3v) is 2.94. The normalized spacial score (nSPS) is 10.1. The smallest absolute Gasteiger partial charge is 0.256 e. The van der Waals surface area contributed by atoms with Gasteiger partial charge in [-0.2, -0.15) is 5.10 Å². The summed E-state index contributed by atoms with van der Waals surface area (Å²) in [6.07, 6.45) is 1.43. The van der Waals surface area contributed by atoms with Gasteiger partial charge in [0.1, 0.15) is 5.75 Å². The molecular weight excluding hydrogens is 300 g/mol. The predicted molar refractivity (Wildman–Crippen MR) is 71.6 cm³/mol. The highest BCUT2D eigenvalue weighted by atomic mass is 79.9. The van der Waals surface area contributed by atoms with E-state index in [0.29, 0.717) is 27.3 Å². The molecular formula is C11H11BrN4O2. The number of anilines is 2. The van der Waals surface area contributed by atoms with Crippen LogP contribution in [0.1, 0.15) is 10.4 Å². The fourth-order valence-corrected chi connectivity index (χ4v) is 1.93. The van der Waals surface area contributed by atoms with Crippen LogP contribution < -0.4 is 15.8 Å². The molecule has 7 heteroatoms. The van der Waals surface area contributed by atoms with Crippen molar-refractivity contribution in [3.8, 4) is 5.75 Å². The summed E-state index contributed by atoms with van der Waals surface area (Å²) in [6, 6.07) is 5.03. The number of hydrogen-bond acceptors (Lipinski definition) is 4. The number of aromatic amines is 1. The molecule has 6 nitrogen and oxygen atoms in total. The van der Waals surface area contributed by atoms with Gasteiger partial charge in [-0.3, -0.25) is 9.89 Å². The maximum Gasteiger partial charge on any atom is 0.256 e. The number of halogens is 1. The topological polar surface area (TPSA) is 93.0 Å². The highest BCUT2D eigenvalue weighted by molar-refractivity contribution is 9.10. The van der Waals surface area contributed by atoms with Crippen molar-refractivity contribution < 1.29 is 9.53 Å². The number of aromatic nitrogens is 2. The van der Waals surface area contributed by atoms with E-state index >= 15 is 0 Å². The number of nitrogens with one attached hydrogen (secondary N) is 2. The second kappa shape index (κ2) is 5.09. The molecule has 18 heavy (non-hydrogen) atoms. The highest BCUT2D eigenvalue weighted by Gasteiger charge is 2.11. The Labute approximate surface area is 112 Å². The van der Waals surface area contributed by atoms with E-state index in [1.807, 2.05) is 0 Å². The number of nitrogens with two attached hydrogens (primary N) is 1. The molecule has 0 saturated heterocycles. The van der Waals surface area contributed by atoms with Gasteiger partial charge in [0.15, 0.2) is 5.82 Å². The monoisotopic (exact) mass is 310 g/mol. The summed E-state index contributed by atoms with van der Waals surface area (Å²) in [6.45, 7) is 0. The number of methoxy groups -OCH3 is 1. The van der Waals surface area contributed by atoms with Gasteiger partial charge in [-0.05, 0) is 34.1 Å². The number of rotatable bonds is 3. The summed E-state index contributed by atoms with van der Waals surface area (Å²) in [5, 5.41) is 8.95. The van der Waals surface area contributed by atoms with Crippen molar-refractivity contribution in [1.29, 1.82) is 0 Å². The molecule has 0 bridgehead atoms. The molecule has 0 aliphatic carbocycles. The van der Waals surface area contributed by atoms with Gasteiger partial charge in [0.25, 0.3) is 5.91 Å². The van der Waals surface area contributed by atoms with Crippen LogP contribution in [0.15, 0.2) is 28.9 Å². The van der Waals surface area contributed by atoms with E-state index in [1.165, 1.54) is 6.20 Å². The van der Waals surface area contributed by atoms with Gasteiger partial charge < -0.3 is 15.8 Å². The molecule has 0 atom stereocenters. The lowest BCUT2D eigenvalue weighted by molar-refractivity contribution is 0.102. The van der Waals surface area contributed by atoms with Gasteiger partial charge in [0, 0.05) is 5.56 Å². The van der Waals surface area contributed by atoms with Crippen molar-refractivity contribution >= 4 is 33.3 Å². The summed E-state index contributed by atoms with van der Waals surface area (Å²) in [4.78, 5) is 11.9. The third kappa shape index (κ3) is 2.45. The maximum atomic E-state index is 11.9. The maximum absolute atomic E-state index is 11.9. The summed E-state index contributed by atoms with van der Waals surface area (Å²) >= 11 is 3.32. The van der Waals surface area contributed by atoms with E-state index in [2.05, 4.69) is 31.4 Å². The van der Waals surface area contributed by atoms with Crippen LogP contribution in [0.4, 0.5) is 11.5 Å². The fourth-order valence-electron chi connectivity index (χ4n) is 1.39. The van der Waals surface area contributed by atoms with Crippen LogP contribution in [0.25, 0.3) is 0 Å². The minimum atomic E-state index is -0.283. The van der Waals surface area contributed by atoms with Gasteiger partial charge in [-0.25, -0.2) is 0 Å². The van der Waals surface area contributed by atoms with E-state index < -0.39 is 0 Å². The molecule has 2 rings (SSSR count). The van der Waals surface area contributed by atoms with Crippen LogP contribution in [0.3, 0.4) is 0 Å². The number of ether oxygens (including phenoxy) is 1. The van der Waals surface area contributed by atoms with Gasteiger partial charge in [-0.15, -0.1) is 0 Å². The van der Waals surface area contributed by atoms with Crippen molar-refractivity contribution in [3.63, 3.8) is 0 Å². The molecule has 0 radical (unpaired) electrons. The SMILES string of the molecule is COc1ccc(C(=O)Nc2[nH]ncc2N)cc1Br. The van der Waals surface area contributed by atoms with E-state index in [9.17, 15) is 4.79 Å². The second-order valence-electron chi connectivity index (χ2n) is 3.50. The number of H-pyrrole nitrogens is 1. The Balaban J connectivity index is 2.19. The van der Waals surface area contributed by atoms with Crippen LogP contribution in [0, 0.1) is 0 Å². The zero-order chi connectivity index (χ0) is 13.1.